The third-order valence-corrected chi connectivity index (χ3v) is 4.06. The van der Waals surface area contributed by atoms with Gasteiger partial charge in [-0.25, -0.2) is 4.98 Å². The zero-order valence-electron chi connectivity index (χ0n) is 16.1. The fourth-order valence-electron chi connectivity index (χ4n) is 2.91. The first-order chi connectivity index (χ1) is 12.6. The van der Waals surface area contributed by atoms with Crippen molar-refractivity contribution < 1.29 is 9.53 Å². The molecule has 3 rings (SSSR count). The molecule has 1 aromatic heterocycles. The van der Waals surface area contributed by atoms with Gasteiger partial charge in [0.15, 0.2) is 0 Å². The summed E-state index contributed by atoms with van der Waals surface area (Å²) in [7, 11) is 0. The van der Waals surface area contributed by atoms with Crippen molar-refractivity contribution in [3.63, 3.8) is 0 Å². The molecule has 0 bridgehead atoms. The second-order valence-corrected chi connectivity index (χ2v) is 6.16. The van der Waals surface area contributed by atoms with Crippen LogP contribution in [0.5, 0.6) is 11.6 Å². The predicted octanol–water partition coefficient (Wildman–Crippen LogP) is 4.93. The minimum absolute atomic E-state index is 0.00941. The van der Waals surface area contributed by atoms with Crippen molar-refractivity contribution in [1.29, 1.82) is 0 Å². The number of aromatic nitrogens is 1. The molecule has 1 atom stereocenters. The Morgan fingerprint density at radius 2 is 1.96 bits per heavy atom. The van der Waals surface area contributed by atoms with E-state index in [9.17, 15) is 4.79 Å². The van der Waals surface area contributed by atoms with Crippen molar-refractivity contribution >= 4 is 12.0 Å². The molecule has 1 aliphatic rings. The number of hydrogen-bond acceptors (Lipinski definition) is 3. The second-order valence-electron chi connectivity index (χ2n) is 6.16. The molecule has 0 aliphatic heterocycles. The van der Waals surface area contributed by atoms with Crippen molar-refractivity contribution in [1.82, 2.24) is 10.3 Å². The summed E-state index contributed by atoms with van der Waals surface area (Å²) in [6, 6.07) is 10.1. The van der Waals surface area contributed by atoms with Gasteiger partial charge in [0.2, 0.25) is 11.8 Å². The minimum atomic E-state index is -0.0385. The summed E-state index contributed by atoms with van der Waals surface area (Å²) >= 11 is 0. The van der Waals surface area contributed by atoms with E-state index in [1.54, 1.807) is 6.20 Å². The number of rotatable bonds is 5. The maximum absolute atomic E-state index is 11.0. The zero-order chi connectivity index (χ0) is 18.9. The molecular formula is C22H28N2O2. The number of fused-ring (bicyclic) bond motifs is 1. The van der Waals surface area contributed by atoms with Gasteiger partial charge in [0.05, 0.1) is 0 Å². The van der Waals surface area contributed by atoms with E-state index >= 15 is 0 Å². The van der Waals surface area contributed by atoms with Crippen LogP contribution in [-0.4, -0.2) is 16.9 Å². The molecular weight excluding hydrogens is 324 g/mol. The fraction of sp³-hybridized carbons (Fsp3) is 0.364. The zero-order valence-corrected chi connectivity index (χ0v) is 16.1. The SMILES string of the molecule is CC.CC(=O)N[C@@H](C)/C=C/c1ccc(Oc2ccc3c(c2)CCC3)nc1. The highest BCUT2D eigenvalue weighted by Gasteiger charge is 2.11. The van der Waals surface area contributed by atoms with Gasteiger partial charge in [-0.1, -0.05) is 32.1 Å². The van der Waals surface area contributed by atoms with Gasteiger partial charge >= 0.3 is 0 Å². The molecule has 26 heavy (non-hydrogen) atoms. The third-order valence-electron chi connectivity index (χ3n) is 4.06. The first-order valence-corrected chi connectivity index (χ1v) is 9.31. The van der Waals surface area contributed by atoms with E-state index in [0.29, 0.717) is 5.88 Å². The van der Waals surface area contributed by atoms with Gasteiger partial charge in [-0.15, -0.1) is 0 Å². The van der Waals surface area contributed by atoms with E-state index in [4.69, 9.17) is 4.74 Å². The molecule has 0 saturated carbocycles. The van der Waals surface area contributed by atoms with Crippen molar-refractivity contribution in [3.05, 3.63) is 59.3 Å². The average Bonchev–Trinajstić information content (AvgIpc) is 3.10. The largest absolute Gasteiger partial charge is 0.439 e. The average molecular weight is 352 g/mol. The number of nitrogens with one attached hydrogen (secondary N) is 1. The number of nitrogens with zero attached hydrogens (tertiary/aromatic N) is 1. The number of hydrogen-bond donors (Lipinski definition) is 1. The van der Waals surface area contributed by atoms with E-state index in [0.717, 1.165) is 17.7 Å². The lowest BCUT2D eigenvalue weighted by Crippen LogP contribution is -2.28. The second kappa shape index (κ2) is 9.76. The van der Waals surface area contributed by atoms with Crippen LogP contribution in [0.25, 0.3) is 6.08 Å². The lowest BCUT2D eigenvalue weighted by Gasteiger charge is -2.08. The van der Waals surface area contributed by atoms with Crippen LogP contribution in [0.2, 0.25) is 0 Å². The molecule has 4 heteroatoms. The minimum Gasteiger partial charge on any atom is -0.439 e. The van der Waals surface area contributed by atoms with Crippen LogP contribution < -0.4 is 10.1 Å². The Hall–Kier alpha value is -2.62. The van der Waals surface area contributed by atoms with Crippen LogP contribution in [0.3, 0.4) is 0 Å². The summed E-state index contributed by atoms with van der Waals surface area (Å²) in [6.07, 6.45) is 9.17. The van der Waals surface area contributed by atoms with Crippen LogP contribution in [-0.2, 0) is 17.6 Å². The van der Waals surface area contributed by atoms with Crippen LogP contribution >= 0.6 is 0 Å². The summed E-state index contributed by atoms with van der Waals surface area (Å²) in [5, 5.41) is 2.81. The Balaban J connectivity index is 0.00000117. The summed E-state index contributed by atoms with van der Waals surface area (Å²) in [4.78, 5) is 15.3. The number of pyridine rings is 1. The highest BCUT2D eigenvalue weighted by atomic mass is 16.5. The maximum atomic E-state index is 11.0. The highest BCUT2D eigenvalue weighted by molar-refractivity contribution is 5.73. The standard InChI is InChI=1S/C20H22N2O2.C2H6/c1-14(22-15(2)23)6-7-16-8-11-20(21-13-16)24-19-10-9-17-4-3-5-18(17)12-19;1-2/h6-14H,3-5H2,1-2H3,(H,22,23);1-2H3/b7-6+;/t14-;/m0./s1. The molecule has 0 saturated heterocycles. The molecule has 4 nitrogen and oxygen atoms in total. The molecule has 0 unspecified atom stereocenters. The van der Waals surface area contributed by atoms with Crippen LogP contribution in [0, 0.1) is 0 Å². The summed E-state index contributed by atoms with van der Waals surface area (Å²) in [5.74, 6) is 1.38. The van der Waals surface area contributed by atoms with Gasteiger partial charge in [0.25, 0.3) is 0 Å². The summed E-state index contributed by atoms with van der Waals surface area (Å²) in [5.41, 5.74) is 3.79. The quantitative estimate of drug-likeness (QED) is 0.830. The molecule has 0 spiro atoms. The number of amides is 1. The Labute approximate surface area is 156 Å². The van der Waals surface area contributed by atoms with E-state index < -0.39 is 0 Å². The first kappa shape index (κ1) is 19.7. The Bertz CT molecular complexity index is 751. The molecule has 0 radical (unpaired) electrons. The molecule has 1 amide bonds. The van der Waals surface area contributed by atoms with Crippen molar-refractivity contribution in [2.75, 3.05) is 0 Å². The fourth-order valence-corrected chi connectivity index (χ4v) is 2.91. The highest BCUT2D eigenvalue weighted by Crippen LogP contribution is 2.28. The van der Waals surface area contributed by atoms with Crippen LogP contribution in [0.1, 0.15) is 50.8 Å². The normalized spacial score (nSPS) is 13.5. The molecule has 2 aromatic rings. The molecule has 0 fully saturated rings. The van der Waals surface area contributed by atoms with E-state index in [1.165, 1.54) is 30.9 Å². The Morgan fingerprint density at radius 1 is 1.19 bits per heavy atom. The molecule has 1 aromatic carbocycles. The number of carbonyl (C=O) groups is 1. The molecule has 138 valence electrons. The monoisotopic (exact) mass is 352 g/mol. The lowest BCUT2D eigenvalue weighted by atomic mass is 10.1. The number of aryl methyl sites for hydroxylation is 2. The van der Waals surface area contributed by atoms with Gasteiger partial charge in [-0.05, 0) is 61.1 Å². The third kappa shape index (κ3) is 5.73. The van der Waals surface area contributed by atoms with Crippen molar-refractivity contribution in [2.45, 2.75) is 53.0 Å². The summed E-state index contributed by atoms with van der Waals surface area (Å²) < 4.78 is 5.84. The lowest BCUT2D eigenvalue weighted by molar-refractivity contribution is -0.119. The summed E-state index contributed by atoms with van der Waals surface area (Å²) in [6.45, 7) is 7.44. The molecule has 1 aliphatic carbocycles. The topological polar surface area (TPSA) is 51.2 Å². The number of ether oxygens (including phenoxy) is 1. The van der Waals surface area contributed by atoms with Gasteiger partial charge in [0.1, 0.15) is 5.75 Å². The number of benzene rings is 1. The van der Waals surface area contributed by atoms with Gasteiger partial charge < -0.3 is 10.1 Å². The van der Waals surface area contributed by atoms with Gasteiger partial charge in [-0.3, -0.25) is 4.79 Å². The van der Waals surface area contributed by atoms with E-state index in [2.05, 4.69) is 22.4 Å². The van der Waals surface area contributed by atoms with E-state index in [-0.39, 0.29) is 11.9 Å². The Morgan fingerprint density at radius 3 is 2.65 bits per heavy atom. The van der Waals surface area contributed by atoms with Gasteiger partial charge in [-0.2, -0.15) is 0 Å². The smallest absolute Gasteiger partial charge is 0.219 e. The predicted molar refractivity (Wildman–Crippen MR) is 106 cm³/mol. The van der Waals surface area contributed by atoms with Crippen molar-refractivity contribution in [3.8, 4) is 11.6 Å². The van der Waals surface area contributed by atoms with E-state index in [1.807, 2.05) is 51.1 Å². The van der Waals surface area contributed by atoms with Crippen LogP contribution in [0.15, 0.2) is 42.6 Å². The molecule has 1 heterocycles. The maximum Gasteiger partial charge on any atom is 0.219 e. The first-order valence-electron chi connectivity index (χ1n) is 9.31. The van der Waals surface area contributed by atoms with Crippen LogP contribution in [0.4, 0.5) is 0 Å². The molecule has 1 N–H and O–H groups in total. The van der Waals surface area contributed by atoms with Crippen molar-refractivity contribution in [2.24, 2.45) is 0 Å². The van der Waals surface area contributed by atoms with Gasteiger partial charge in [0, 0.05) is 25.2 Å². The Kier molecular flexibility index (Phi) is 7.39. The number of carbonyl (C=O) groups excluding carboxylic acids is 1.